The van der Waals surface area contributed by atoms with Crippen molar-refractivity contribution < 1.29 is 14.7 Å². The average molecular weight is 331 g/mol. The number of benzene rings is 1. The second-order valence-electron chi connectivity index (χ2n) is 7.03. The number of unbranched alkanes of at least 4 members (excludes halogenated alkanes) is 4. The van der Waals surface area contributed by atoms with Crippen LogP contribution in [0.3, 0.4) is 0 Å². The van der Waals surface area contributed by atoms with E-state index in [1.54, 1.807) is 4.90 Å². The number of carbonyl (C=O) groups is 2. The smallest absolute Gasteiger partial charge is 0.264 e. The Balaban J connectivity index is 2.33. The molecule has 0 aliphatic carbocycles. The van der Waals surface area contributed by atoms with Crippen molar-refractivity contribution in [2.75, 3.05) is 11.4 Å². The molecule has 0 saturated heterocycles. The molecule has 0 fully saturated rings. The van der Waals surface area contributed by atoms with E-state index in [0.29, 0.717) is 12.1 Å². The SMILES string of the molecule is CCCCCCCN1C(=O)C(O)(CC(C)=O)c2c(C)ccc(C)c21. The Morgan fingerprint density at radius 2 is 1.75 bits per heavy atom. The monoisotopic (exact) mass is 331 g/mol. The Labute approximate surface area is 144 Å². The van der Waals surface area contributed by atoms with Gasteiger partial charge in [0.05, 0.1) is 5.69 Å². The normalized spacial score (nSPS) is 19.7. The first-order valence-electron chi connectivity index (χ1n) is 8.97. The molecule has 1 heterocycles. The maximum atomic E-state index is 13.0. The minimum absolute atomic E-state index is 0.157. The zero-order chi connectivity index (χ0) is 17.9. The van der Waals surface area contributed by atoms with Gasteiger partial charge in [-0.1, -0.05) is 44.7 Å². The third kappa shape index (κ3) is 3.39. The van der Waals surface area contributed by atoms with Gasteiger partial charge in [0.2, 0.25) is 0 Å². The topological polar surface area (TPSA) is 57.6 Å². The number of hydrogen-bond acceptors (Lipinski definition) is 3. The highest BCUT2D eigenvalue weighted by Gasteiger charge is 2.51. The molecule has 0 saturated carbocycles. The molecule has 4 heteroatoms. The molecule has 2 rings (SSSR count). The molecule has 1 aliphatic heterocycles. The molecule has 0 aromatic heterocycles. The van der Waals surface area contributed by atoms with Crippen molar-refractivity contribution in [2.45, 2.75) is 71.8 Å². The van der Waals surface area contributed by atoms with E-state index in [1.807, 2.05) is 26.0 Å². The van der Waals surface area contributed by atoms with Crippen molar-refractivity contribution in [3.05, 3.63) is 28.8 Å². The molecule has 1 aromatic carbocycles. The van der Waals surface area contributed by atoms with Crippen molar-refractivity contribution in [1.82, 2.24) is 0 Å². The molecule has 1 aromatic rings. The summed E-state index contributed by atoms with van der Waals surface area (Å²) < 4.78 is 0. The molecule has 0 bridgehead atoms. The lowest BCUT2D eigenvalue weighted by molar-refractivity contribution is -0.141. The predicted octanol–water partition coefficient (Wildman–Crippen LogP) is 3.79. The van der Waals surface area contributed by atoms with Crippen molar-refractivity contribution in [3.8, 4) is 0 Å². The van der Waals surface area contributed by atoms with Gasteiger partial charge in [0.15, 0.2) is 5.60 Å². The van der Waals surface area contributed by atoms with Gasteiger partial charge in [0.1, 0.15) is 5.78 Å². The molecule has 0 radical (unpaired) electrons. The Hall–Kier alpha value is -1.68. The summed E-state index contributed by atoms with van der Waals surface area (Å²) in [6, 6.07) is 3.89. The summed E-state index contributed by atoms with van der Waals surface area (Å²) in [7, 11) is 0. The minimum Gasteiger partial charge on any atom is -0.375 e. The molecule has 4 nitrogen and oxygen atoms in total. The number of hydrogen-bond donors (Lipinski definition) is 1. The van der Waals surface area contributed by atoms with E-state index >= 15 is 0 Å². The number of amides is 1. The van der Waals surface area contributed by atoms with Crippen LogP contribution in [0.25, 0.3) is 0 Å². The summed E-state index contributed by atoms with van der Waals surface area (Å²) >= 11 is 0. The summed E-state index contributed by atoms with van der Waals surface area (Å²) in [5.41, 5.74) is 1.55. The van der Waals surface area contributed by atoms with E-state index in [4.69, 9.17) is 0 Å². The number of rotatable bonds is 8. The number of anilines is 1. The molecule has 1 N–H and O–H groups in total. The zero-order valence-corrected chi connectivity index (χ0v) is 15.3. The third-order valence-corrected chi connectivity index (χ3v) is 4.86. The van der Waals surface area contributed by atoms with Crippen LogP contribution in [0.2, 0.25) is 0 Å². The van der Waals surface area contributed by atoms with Crippen molar-refractivity contribution in [1.29, 1.82) is 0 Å². The summed E-state index contributed by atoms with van der Waals surface area (Å²) in [4.78, 5) is 26.3. The molecular formula is C20H29NO3. The molecule has 132 valence electrons. The lowest BCUT2D eigenvalue weighted by atomic mass is 9.86. The van der Waals surface area contributed by atoms with Gasteiger partial charge in [-0.25, -0.2) is 0 Å². The molecule has 1 aliphatic rings. The van der Waals surface area contributed by atoms with E-state index in [0.717, 1.165) is 36.1 Å². The van der Waals surface area contributed by atoms with Gasteiger partial charge in [0, 0.05) is 18.5 Å². The van der Waals surface area contributed by atoms with Gasteiger partial charge in [-0.05, 0) is 38.3 Å². The van der Waals surface area contributed by atoms with Crippen LogP contribution in [-0.4, -0.2) is 23.3 Å². The number of nitrogens with zero attached hydrogens (tertiary/aromatic N) is 1. The lowest BCUT2D eigenvalue weighted by Crippen LogP contribution is -2.42. The van der Waals surface area contributed by atoms with Crippen LogP contribution in [0, 0.1) is 13.8 Å². The highest BCUT2D eigenvalue weighted by molar-refractivity contribution is 6.09. The average Bonchev–Trinajstić information content (AvgIpc) is 2.72. The number of aliphatic hydroxyl groups is 1. The summed E-state index contributed by atoms with van der Waals surface area (Å²) in [6.07, 6.45) is 5.38. The number of aryl methyl sites for hydroxylation is 2. The predicted molar refractivity (Wildman–Crippen MR) is 96.2 cm³/mol. The highest BCUT2D eigenvalue weighted by Crippen LogP contribution is 2.46. The maximum Gasteiger partial charge on any atom is 0.264 e. The van der Waals surface area contributed by atoms with Crippen molar-refractivity contribution >= 4 is 17.4 Å². The van der Waals surface area contributed by atoms with Crippen LogP contribution in [0.15, 0.2) is 12.1 Å². The largest absolute Gasteiger partial charge is 0.375 e. The summed E-state index contributed by atoms with van der Waals surface area (Å²) in [6.45, 7) is 8.04. The highest BCUT2D eigenvalue weighted by atomic mass is 16.3. The Morgan fingerprint density at radius 3 is 2.38 bits per heavy atom. The lowest BCUT2D eigenvalue weighted by Gasteiger charge is -2.22. The number of ketones is 1. The fourth-order valence-corrected chi connectivity index (χ4v) is 3.71. The zero-order valence-electron chi connectivity index (χ0n) is 15.3. The Kier molecular flexibility index (Phi) is 5.81. The second-order valence-corrected chi connectivity index (χ2v) is 7.03. The van der Waals surface area contributed by atoms with Gasteiger partial charge in [-0.15, -0.1) is 0 Å². The van der Waals surface area contributed by atoms with E-state index in [9.17, 15) is 14.7 Å². The molecule has 1 atom stereocenters. The quantitative estimate of drug-likeness (QED) is 0.737. The number of Topliss-reactive ketones (excluding diaryl/α,β-unsaturated/α-hetero) is 1. The van der Waals surface area contributed by atoms with Gasteiger partial charge in [-0.2, -0.15) is 0 Å². The maximum absolute atomic E-state index is 13.0. The minimum atomic E-state index is -1.71. The van der Waals surface area contributed by atoms with Crippen LogP contribution in [0.4, 0.5) is 5.69 Å². The van der Waals surface area contributed by atoms with Crippen LogP contribution >= 0.6 is 0 Å². The van der Waals surface area contributed by atoms with Gasteiger partial charge < -0.3 is 10.0 Å². The first-order valence-corrected chi connectivity index (χ1v) is 8.97. The van der Waals surface area contributed by atoms with Gasteiger partial charge in [0.25, 0.3) is 5.91 Å². The number of carbonyl (C=O) groups excluding carboxylic acids is 2. The molecular weight excluding hydrogens is 302 g/mol. The standard InChI is InChI=1S/C20H29NO3/c1-5-6-7-8-9-12-21-18-15(3)11-10-14(2)17(18)20(24,19(21)23)13-16(4)22/h10-11,24H,5-9,12-13H2,1-4H3. The van der Waals surface area contributed by atoms with Crippen LogP contribution < -0.4 is 4.90 Å². The van der Waals surface area contributed by atoms with E-state index in [2.05, 4.69) is 6.92 Å². The van der Waals surface area contributed by atoms with Gasteiger partial charge >= 0.3 is 0 Å². The van der Waals surface area contributed by atoms with Crippen LogP contribution in [0.1, 0.15) is 69.1 Å². The summed E-state index contributed by atoms with van der Waals surface area (Å²) in [5, 5.41) is 11.1. The van der Waals surface area contributed by atoms with Crippen LogP contribution in [0.5, 0.6) is 0 Å². The first kappa shape index (κ1) is 18.7. The van der Waals surface area contributed by atoms with Crippen molar-refractivity contribution in [2.24, 2.45) is 0 Å². The first-order chi connectivity index (χ1) is 11.3. The van der Waals surface area contributed by atoms with E-state index < -0.39 is 5.60 Å². The van der Waals surface area contributed by atoms with E-state index in [-0.39, 0.29) is 18.1 Å². The number of fused-ring (bicyclic) bond motifs is 1. The Bertz CT molecular complexity index is 638. The molecule has 1 amide bonds. The van der Waals surface area contributed by atoms with Crippen LogP contribution in [-0.2, 0) is 15.2 Å². The molecule has 0 spiro atoms. The molecule has 1 unspecified atom stereocenters. The molecule has 24 heavy (non-hydrogen) atoms. The fraction of sp³-hybridized carbons (Fsp3) is 0.600. The fourth-order valence-electron chi connectivity index (χ4n) is 3.71. The van der Waals surface area contributed by atoms with E-state index in [1.165, 1.54) is 19.8 Å². The second kappa shape index (κ2) is 7.47. The Morgan fingerprint density at radius 1 is 1.12 bits per heavy atom. The summed E-state index contributed by atoms with van der Waals surface area (Å²) in [5.74, 6) is -0.525. The van der Waals surface area contributed by atoms with Gasteiger partial charge in [-0.3, -0.25) is 9.59 Å². The third-order valence-electron chi connectivity index (χ3n) is 4.86. The van der Waals surface area contributed by atoms with Crippen molar-refractivity contribution in [3.63, 3.8) is 0 Å².